The summed E-state index contributed by atoms with van der Waals surface area (Å²) in [6, 6.07) is 14.2. The van der Waals surface area contributed by atoms with Gasteiger partial charge in [0.2, 0.25) is 5.91 Å². The summed E-state index contributed by atoms with van der Waals surface area (Å²) in [6.07, 6.45) is 0.991. The molecule has 21 heavy (non-hydrogen) atoms. The fraction of sp³-hybridized carbons (Fsp3) is 0.389. The minimum absolute atomic E-state index is 0.0963. The summed E-state index contributed by atoms with van der Waals surface area (Å²) >= 11 is 0. The van der Waals surface area contributed by atoms with E-state index in [4.69, 9.17) is 4.74 Å². The lowest BCUT2D eigenvalue weighted by Crippen LogP contribution is -2.18. The molecule has 1 amide bonds. The highest BCUT2D eigenvalue weighted by Crippen LogP contribution is 2.62. The quantitative estimate of drug-likeness (QED) is 0.915. The van der Waals surface area contributed by atoms with Gasteiger partial charge in [-0.2, -0.15) is 0 Å². The van der Waals surface area contributed by atoms with E-state index in [1.165, 1.54) is 0 Å². The summed E-state index contributed by atoms with van der Waals surface area (Å²) in [6.45, 7) is 3.72. The summed E-state index contributed by atoms with van der Waals surface area (Å²) < 4.78 is 5.51. The van der Waals surface area contributed by atoms with Crippen molar-refractivity contribution >= 4 is 22.4 Å². The topological polar surface area (TPSA) is 38.3 Å². The Labute approximate surface area is 124 Å². The van der Waals surface area contributed by atoms with Crippen LogP contribution >= 0.6 is 0 Å². The lowest BCUT2D eigenvalue weighted by atomic mass is 9.99. The van der Waals surface area contributed by atoms with Crippen molar-refractivity contribution in [2.75, 3.05) is 18.5 Å². The van der Waals surface area contributed by atoms with Gasteiger partial charge in [0, 0.05) is 29.5 Å². The van der Waals surface area contributed by atoms with Crippen LogP contribution in [0, 0.1) is 17.3 Å². The largest absolute Gasteiger partial charge is 0.381 e. The number of anilines is 1. The molecule has 108 valence electrons. The Morgan fingerprint density at radius 3 is 2.86 bits per heavy atom. The van der Waals surface area contributed by atoms with Gasteiger partial charge in [0.05, 0.1) is 6.61 Å². The lowest BCUT2D eigenvalue weighted by Gasteiger charge is -2.16. The Morgan fingerprint density at radius 1 is 1.24 bits per heavy atom. The number of hydrogen-bond donors (Lipinski definition) is 1. The standard InChI is InChI=1S/C18H19NO2/c1-18-9-10-21-11-14(18)16(18)17(20)19-15-8-4-6-12-5-2-3-7-13(12)15/h2-8,14,16H,9-11H2,1H3,(H,19,20)/t14-,16-,18+/m1/s1. The molecule has 3 atom stereocenters. The van der Waals surface area contributed by atoms with E-state index in [9.17, 15) is 4.79 Å². The van der Waals surface area contributed by atoms with Crippen LogP contribution in [0.15, 0.2) is 42.5 Å². The molecule has 0 bridgehead atoms. The fourth-order valence-electron chi connectivity index (χ4n) is 3.82. The van der Waals surface area contributed by atoms with Gasteiger partial charge in [-0.25, -0.2) is 0 Å². The molecular weight excluding hydrogens is 262 g/mol. The Morgan fingerprint density at radius 2 is 2.05 bits per heavy atom. The number of fused-ring (bicyclic) bond motifs is 2. The molecule has 0 aromatic heterocycles. The molecule has 0 radical (unpaired) electrons. The third-order valence-corrected chi connectivity index (χ3v) is 5.26. The van der Waals surface area contributed by atoms with E-state index in [0.29, 0.717) is 5.92 Å². The van der Waals surface area contributed by atoms with Gasteiger partial charge in [-0.1, -0.05) is 43.3 Å². The zero-order chi connectivity index (χ0) is 14.4. The molecule has 1 N–H and O–H groups in total. The minimum atomic E-state index is 0.0963. The van der Waals surface area contributed by atoms with Crippen molar-refractivity contribution in [1.82, 2.24) is 0 Å². The second-order valence-corrected chi connectivity index (χ2v) is 6.43. The van der Waals surface area contributed by atoms with Gasteiger partial charge < -0.3 is 10.1 Å². The zero-order valence-electron chi connectivity index (χ0n) is 12.1. The zero-order valence-corrected chi connectivity index (χ0v) is 12.1. The van der Waals surface area contributed by atoms with Crippen LogP contribution in [0.25, 0.3) is 10.8 Å². The van der Waals surface area contributed by atoms with Crippen LogP contribution in [0.4, 0.5) is 5.69 Å². The highest BCUT2D eigenvalue weighted by atomic mass is 16.5. The van der Waals surface area contributed by atoms with Crippen molar-refractivity contribution < 1.29 is 9.53 Å². The Bertz CT molecular complexity index is 706. The van der Waals surface area contributed by atoms with Gasteiger partial charge in [-0.15, -0.1) is 0 Å². The van der Waals surface area contributed by atoms with Gasteiger partial charge in [-0.05, 0) is 23.3 Å². The maximum Gasteiger partial charge on any atom is 0.228 e. The van der Waals surface area contributed by atoms with E-state index >= 15 is 0 Å². The van der Waals surface area contributed by atoms with Crippen molar-refractivity contribution in [2.45, 2.75) is 13.3 Å². The third kappa shape index (κ3) is 1.95. The van der Waals surface area contributed by atoms with E-state index in [-0.39, 0.29) is 17.2 Å². The van der Waals surface area contributed by atoms with Gasteiger partial charge in [0.15, 0.2) is 0 Å². The number of benzene rings is 2. The second-order valence-electron chi connectivity index (χ2n) is 6.43. The van der Waals surface area contributed by atoms with Gasteiger partial charge in [-0.3, -0.25) is 4.79 Å². The minimum Gasteiger partial charge on any atom is -0.381 e. The first-order chi connectivity index (χ1) is 10.2. The van der Waals surface area contributed by atoms with Crippen LogP contribution in [-0.2, 0) is 9.53 Å². The van der Waals surface area contributed by atoms with Crippen molar-refractivity contribution in [3.05, 3.63) is 42.5 Å². The van der Waals surface area contributed by atoms with Crippen molar-refractivity contribution in [3.63, 3.8) is 0 Å². The molecule has 1 aliphatic carbocycles. The highest BCUT2D eigenvalue weighted by molar-refractivity contribution is 6.04. The van der Waals surface area contributed by atoms with Gasteiger partial charge in [0.25, 0.3) is 0 Å². The molecule has 0 unspecified atom stereocenters. The van der Waals surface area contributed by atoms with Gasteiger partial charge in [0.1, 0.15) is 0 Å². The third-order valence-electron chi connectivity index (χ3n) is 5.26. The number of rotatable bonds is 2. The maximum atomic E-state index is 12.6. The highest BCUT2D eigenvalue weighted by Gasteiger charge is 2.65. The Balaban J connectivity index is 1.60. The van der Waals surface area contributed by atoms with E-state index in [1.54, 1.807) is 0 Å². The number of hydrogen-bond acceptors (Lipinski definition) is 2. The number of ether oxygens (including phenoxy) is 1. The summed E-state index contributed by atoms with van der Waals surface area (Å²) in [5, 5.41) is 5.38. The Hall–Kier alpha value is -1.87. The number of amides is 1. The first-order valence-corrected chi connectivity index (χ1v) is 7.56. The second kappa shape index (κ2) is 4.57. The summed E-state index contributed by atoms with van der Waals surface area (Å²) in [4.78, 5) is 12.6. The number of carbonyl (C=O) groups is 1. The smallest absolute Gasteiger partial charge is 0.228 e. The summed E-state index contributed by atoms with van der Waals surface area (Å²) in [7, 11) is 0. The van der Waals surface area contributed by atoms with Crippen molar-refractivity contribution in [1.29, 1.82) is 0 Å². The molecule has 4 rings (SSSR count). The average Bonchev–Trinajstić information content (AvgIpc) is 3.13. The van der Waals surface area contributed by atoms with E-state index in [2.05, 4.69) is 30.4 Å². The Kier molecular flexibility index (Phi) is 2.79. The summed E-state index contributed by atoms with van der Waals surface area (Å²) in [5.74, 6) is 0.629. The SMILES string of the molecule is C[C@]12CCOC[C@@H]1[C@@H]2C(=O)Nc1cccc2ccccc12. The normalized spacial score (nSPS) is 30.7. The van der Waals surface area contributed by atoms with E-state index in [1.807, 2.05) is 24.3 Å². The molecule has 3 nitrogen and oxygen atoms in total. The van der Waals surface area contributed by atoms with Crippen LogP contribution in [0.5, 0.6) is 0 Å². The molecule has 0 spiro atoms. The van der Waals surface area contributed by atoms with Crippen molar-refractivity contribution in [3.8, 4) is 0 Å². The number of nitrogens with one attached hydrogen (secondary N) is 1. The molecule has 1 heterocycles. The maximum absolute atomic E-state index is 12.6. The molecule has 1 aliphatic heterocycles. The van der Waals surface area contributed by atoms with Gasteiger partial charge >= 0.3 is 0 Å². The molecule has 2 fully saturated rings. The van der Waals surface area contributed by atoms with E-state index < -0.39 is 0 Å². The summed E-state index contributed by atoms with van der Waals surface area (Å²) in [5.41, 5.74) is 1.05. The van der Waals surface area contributed by atoms with Crippen molar-refractivity contribution in [2.24, 2.45) is 17.3 Å². The van der Waals surface area contributed by atoms with Crippen LogP contribution in [-0.4, -0.2) is 19.1 Å². The lowest BCUT2D eigenvalue weighted by molar-refractivity contribution is -0.118. The van der Waals surface area contributed by atoms with Crippen LogP contribution < -0.4 is 5.32 Å². The predicted molar refractivity (Wildman–Crippen MR) is 83.1 cm³/mol. The fourth-order valence-corrected chi connectivity index (χ4v) is 3.82. The molecule has 3 heteroatoms. The van der Waals surface area contributed by atoms with Crippen LogP contribution in [0.3, 0.4) is 0 Å². The number of carbonyl (C=O) groups excluding carboxylic acids is 1. The first-order valence-electron chi connectivity index (χ1n) is 7.56. The average molecular weight is 281 g/mol. The van der Waals surface area contributed by atoms with Crippen LogP contribution in [0.2, 0.25) is 0 Å². The molecule has 1 saturated heterocycles. The molecular formula is C18H19NO2. The first kappa shape index (κ1) is 12.8. The molecule has 1 saturated carbocycles. The van der Waals surface area contributed by atoms with Crippen LogP contribution in [0.1, 0.15) is 13.3 Å². The molecule has 2 aromatic rings. The monoisotopic (exact) mass is 281 g/mol. The predicted octanol–water partition coefficient (Wildman–Crippen LogP) is 3.45. The molecule has 2 aliphatic rings. The van der Waals surface area contributed by atoms with E-state index in [0.717, 1.165) is 36.1 Å². The molecule has 2 aromatic carbocycles.